The lowest BCUT2D eigenvalue weighted by atomic mass is 10.0. The van der Waals surface area contributed by atoms with Gasteiger partial charge in [-0.15, -0.1) is 0 Å². The summed E-state index contributed by atoms with van der Waals surface area (Å²) in [4.78, 5) is 34.5. The number of hydrogen-bond donors (Lipinski definition) is 4. The molecule has 11 nitrogen and oxygen atoms in total. The van der Waals surface area contributed by atoms with Crippen LogP contribution < -0.4 is 25.7 Å². The average molecular weight is 614 g/mol. The van der Waals surface area contributed by atoms with Gasteiger partial charge in [-0.25, -0.2) is 4.98 Å². The van der Waals surface area contributed by atoms with Gasteiger partial charge in [-0.1, -0.05) is 41.9 Å². The first-order valence-corrected chi connectivity index (χ1v) is 13.5. The van der Waals surface area contributed by atoms with E-state index in [2.05, 4.69) is 27.2 Å². The summed E-state index contributed by atoms with van der Waals surface area (Å²) in [5.41, 5.74) is 1.85. The van der Waals surface area contributed by atoms with Crippen LogP contribution in [0.3, 0.4) is 0 Å². The van der Waals surface area contributed by atoms with Gasteiger partial charge < -0.3 is 30.3 Å². The fourth-order valence-corrected chi connectivity index (χ4v) is 4.92. The summed E-state index contributed by atoms with van der Waals surface area (Å²) in [6.45, 7) is 3.24. The molecule has 4 N–H and O–H groups in total. The number of benzene rings is 2. The number of hydrogen-bond acceptors (Lipinski definition) is 9. The molecule has 0 radical (unpaired) electrons. The van der Waals surface area contributed by atoms with Gasteiger partial charge in [0.05, 0.1) is 42.5 Å². The standard InChI is InChI=1S/C29H29Cl2N5O6/c1-4-23(39)34-18-7-5-16(6-8-18)9-10-36-27-17(13-32-29(35-27)33-14-19(38)15-37)11-20(28(36)40)24-25(30)21(41-2)12-22(42-3)26(24)31/h4-8,11-13,19,37-38H,1,9-10,14-15H2,2-3H3,(H,34,39)(H,32,33,35). The molecule has 0 saturated heterocycles. The monoisotopic (exact) mass is 613 g/mol. The van der Waals surface area contributed by atoms with Gasteiger partial charge in [0.25, 0.3) is 5.56 Å². The highest BCUT2D eigenvalue weighted by atomic mass is 35.5. The molecule has 42 heavy (non-hydrogen) atoms. The number of carbonyl (C=O) groups excluding carboxylic acids is 1. The Morgan fingerprint density at radius 1 is 1.14 bits per heavy atom. The Labute approximate surface area is 251 Å². The number of halogens is 2. The lowest BCUT2D eigenvalue weighted by Crippen LogP contribution is -2.26. The summed E-state index contributed by atoms with van der Waals surface area (Å²) < 4.78 is 12.3. The molecule has 2 aromatic heterocycles. The van der Waals surface area contributed by atoms with Crippen LogP contribution in [-0.2, 0) is 17.8 Å². The molecular weight excluding hydrogens is 585 g/mol. The summed E-state index contributed by atoms with van der Waals surface area (Å²) in [5.74, 6) is 0.402. The van der Waals surface area contributed by atoms with Crippen LogP contribution in [0, 0.1) is 0 Å². The number of aliphatic hydroxyl groups is 2. The second-order valence-corrected chi connectivity index (χ2v) is 9.88. The zero-order valence-corrected chi connectivity index (χ0v) is 24.4. The molecule has 1 amide bonds. The summed E-state index contributed by atoms with van der Waals surface area (Å²) in [6.07, 6.45) is 2.14. The molecule has 220 valence electrons. The topological polar surface area (TPSA) is 148 Å². The molecule has 2 aromatic carbocycles. The second-order valence-electron chi connectivity index (χ2n) is 9.13. The second kappa shape index (κ2) is 13.7. The minimum Gasteiger partial charge on any atom is -0.495 e. The van der Waals surface area contributed by atoms with Crippen LogP contribution in [0.25, 0.3) is 22.2 Å². The highest BCUT2D eigenvalue weighted by Gasteiger charge is 2.23. The van der Waals surface area contributed by atoms with Crippen molar-refractivity contribution in [3.8, 4) is 22.6 Å². The van der Waals surface area contributed by atoms with Crippen LogP contribution >= 0.6 is 23.2 Å². The fourth-order valence-electron chi connectivity index (χ4n) is 4.22. The Balaban J connectivity index is 1.82. The van der Waals surface area contributed by atoms with Crippen molar-refractivity contribution >= 4 is 51.8 Å². The van der Waals surface area contributed by atoms with E-state index < -0.39 is 18.3 Å². The molecule has 13 heteroatoms. The normalized spacial score (nSPS) is 11.7. The Bertz CT molecular complexity index is 1650. The summed E-state index contributed by atoms with van der Waals surface area (Å²) in [5, 5.41) is 25.2. The summed E-state index contributed by atoms with van der Waals surface area (Å²) in [7, 11) is 2.89. The van der Waals surface area contributed by atoms with E-state index in [-0.39, 0.29) is 57.6 Å². The van der Waals surface area contributed by atoms with Crippen molar-refractivity contribution < 1.29 is 24.5 Å². The molecule has 4 aromatic rings. The minimum absolute atomic E-state index is 0.00782. The third kappa shape index (κ3) is 6.66. The number of nitrogens with one attached hydrogen (secondary N) is 2. The third-order valence-corrected chi connectivity index (χ3v) is 7.16. The number of methoxy groups -OCH3 is 2. The zero-order valence-electron chi connectivity index (χ0n) is 22.9. The van der Waals surface area contributed by atoms with Crippen molar-refractivity contribution in [2.75, 3.05) is 38.0 Å². The van der Waals surface area contributed by atoms with Gasteiger partial charge in [0, 0.05) is 42.0 Å². The predicted octanol–water partition coefficient (Wildman–Crippen LogP) is 3.91. The van der Waals surface area contributed by atoms with Crippen LogP contribution in [0.4, 0.5) is 11.6 Å². The Morgan fingerprint density at radius 3 is 2.40 bits per heavy atom. The third-order valence-electron chi connectivity index (χ3n) is 6.41. The minimum atomic E-state index is -1.01. The maximum absolute atomic E-state index is 14.1. The van der Waals surface area contributed by atoms with Crippen molar-refractivity contribution in [1.82, 2.24) is 14.5 Å². The van der Waals surface area contributed by atoms with Crippen molar-refractivity contribution in [2.24, 2.45) is 0 Å². The highest BCUT2D eigenvalue weighted by Crippen LogP contribution is 2.45. The molecule has 0 saturated carbocycles. The quantitative estimate of drug-likeness (QED) is 0.174. The molecule has 0 fully saturated rings. The number of aryl methyl sites for hydroxylation is 2. The van der Waals surface area contributed by atoms with Gasteiger partial charge in [-0.05, 0) is 36.3 Å². The van der Waals surface area contributed by atoms with Crippen LogP contribution in [-0.4, -0.2) is 64.1 Å². The van der Waals surface area contributed by atoms with Gasteiger partial charge in [0.2, 0.25) is 11.9 Å². The summed E-state index contributed by atoms with van der Waals surface area (Å²) in [6, 6.07) is 10.3. The van der Waals surface area contributed by atoms with Crippen molar-refractivity contribution in [3.05, 3.63) is 81.2 Å². The number of nitrogens with zero attached hydrogens (tertiary/aromatic N) is 3. The first kappa shape index (κ1) is 30.8. The van der Waals surface area contributed by atoms with Gasteiger partial charge in [-0.2, -0.15) is 4.98 Å². The molecule has 0 aliphatic rings. The van der Waals surface area contributed by atoms with Crippen molar-refractivity contribution in [2.45, 2.75) is 19.1 Å². The number of anilines is 2. The molecule has 1 atom stereocenters. The zero-order chi connectivity index (χ0) is 30.4. The number of amides is 1. The first-order valence-electron chi connectivity index (χ1n) is 12.8. The molecule has 2 heterocycles. The van der Waals surface area contributed by atoms with E-state index in [0.29, 0.717) is 23.1 Å². The summed E-state index contributed by atoms with van der Waals surface area (Å²) >= 11 is 13.3. The maximum Gasteiger partial charge on any atom is 0.260 e. The number of pyridine rings is 1. The van der Waals surface area contributed by atoms with Crippen LogP contribution in [0.2, 0.25) is 10.0 Å². The first-order chi connectivity index (χ1) is 20.2. The highest BCUT2D eigenvalue weighted by molar-refractivity contribution is 6.41. The average Bonchev–Trinajstić information content (AvgIpc) is 3.00. The number of ether oxygens (including phenoxy) is 2. The SMILES string of the molecule is C=CC(=O)Nc1ccc(CCn2c(=O)c(-c3c(Cl)c(OC)cc(OC)c3Cl)cc3cnc(NCC(O)CO)nc32)cc1. The fraction of sp³-hybridized carbons (Fsp3) is 0.241. The van der Waals surface area contributed by atoms with E-state index in [0.717, 1.165) is 5.56 Å². The number of carbonyl (C=O) groups is 1. The van der Waals surface area contributed by atoms with Gasteiger partial charge >= 0.3 is 0 Å². The molecular formula is C29H29Cl2N5O6. The molecule has 0 aliphatic carbocycles. The number of aromatic nitrogens is 3. The van der Waals surface area contributed by atoms with Gasteiger partial charge in [-0.3, -0.25) is 14.2 Å². The Hall–Kier alpha value is -4.16. The number of fused-ring (bicyclic) bond motifs is 1. The molecule has 0 bridgehead atoms. The van der Waals surface area contributed by atoms with Gasteiger partial charge in [0.15, 0.2) is 0 Å². The molecule has 4 rings (SSSR count). The van der Waals surface area contributed by atoms with E-state index in [1.54, 1.807) is 18.2 Å². The predicted molar refractivity (Wildman–Crippen MR) is 163 cm³/mol. The lowest BCUT2D eigenvalue weighted by Gasteiger charge is -2.17. The van der Waals surface area contributed by atoms with E-state index in [9.17, 15) is 14.7 Å². The van der Waals surface area contributed by atoms with Crippen molar-refractivity contribution in [1.29, 1.82) is 0 Å². The Kier molecular flexibility index (Phi) is 10.0. The van der Waals surface area contributed by atoms with E-state index in [1.807, 2.05) is 12.1 Å². The Morgan fingerprint density at radius 2 is 1.81 bits per heavy atom. The van der Waals surface area contributed by atoms with Gasteiger partial charge in [0.1, 0.15) is 17.1 Å². The van der Waals surface area contributed by atoms with E-state index in [1.165, 1.54) is 37.1 Å². The molecule has 1 unspecified atom stereocenters. The molecule has 0 spiro atoms. The smallest absolute Gasteiger partial charge is 0.260 e. The maximum atomic E-state index is 14.1. The largest absolute Gasteiger partial charge is 0.495 e. The number of aliphatic hydroxyl groups excluding tert-OH is 2. The van der Waals surface area contributed by atoms with E-state index in [4.69, 9.17) is 37.8 Å². The molecule has 0 aliphatic heterocycles. The van der Waals surface area contributed by atoms with Crippen LogP contribution in [0.5, 0.6) is 11.5 Å². The van der Waals surface area contributed by atoms with Crippen LogP contribution in [0.1, 0.15) is 5.56 Å². The lowest BCUT2D eigenvalue weighted by molar-refractivity contribution is -0.111. The van der Waals surface area contributed by atoms with Crippen molar-refractivity contribution in [3.63, 3.8) is 0 Å². The van der Waals surface area contributed by atoms with Crippen LogP contribution in [0.15, 0.2) is 60.0 Å². The van der Waals surface area contributed by atoms with E-state index >= 15 is 0 Å². The number of rotatable bonds is 12.